The minimum absolute atomic E-state index is 0.676. The second-order valence-corrected chi connectivity index (χ2v) is 4.81. The molecule has 1 fully saturated rings. The average Bonchev–Trinajstić information content (AvgIpc) is 2.36. The predicted octanol–water partition coefficient (Wildman–Crippen LogP) is 1.97. The van der Waals surface area contributed by atoms with Gasteiger partial charge in [-0.3, -0.25) is 0 Å². The van der Waals surface area contributed by atoms with Crippen LogP contribution < -0.4 is 5.43 Å². The lowest BCUT2D eigenvalue weighted by molar-refractivity contribution is 0.568. The minimum atomic E-state index is 0.676. The zero-order valence-corrected chi connectivity index (χ0v) is 8.95. The van der Waals surface area contributed by atoms with Crippen LogP contribution in [0.15, 0.2) is 5.10 Å². The highest BCUT2D eigenvalue weighted by molar-refractivity contribution is 8.00. The molecular weight excluding hydrogens is 168 g/mol. The summed E-state index contributed by atoms with van der Waals surface area (Å²) < 4.78 is 0. The van der Waals surface area contributed by atoms with Crippen LogP contribution in [0.25, 0.3) is 0 Å². The maximum Gasteiger partial charge on any atom is 0.0513 e. The van der Waals surface area contributed by atoms with Crippen molar-refractivity contribution in [3.8, 4) is 0 Å². The van der Waals surface area contributed by atoms with Gasteiger partial charge in [-0.15, -0.1) is 0 Å². The predicted molar refractivity (Wildman–Crippen MR) is 56.8 cm³/mol. The van der Waals surface area contributed by atoms with Crippen molar-refractivity contribution in [3.63, 3.8) is 0 Å². The van der Waals surface area contributed by atoms with Gasteiger partial charge >= 0.3 is 0 Å². The van der Waals surface area contributed by atoms with E-state index in [2.05, 4.69) is 31.3 Å². The fraction of sp³-hybridized carbons (Fsp3) is 0.889. The van der Waals surface area contributed by atoms with Crippen LogP contribution in [-0.4, -0.2) is 23.8 Å². The van der Waals surface area contributed by atoms with Crippen molar-refractivity contribution in [2.75, 3.05) is 18.1 Å². The molecule has 1 unspecified atom stereocenters. The number of nitrogens with one attached hydrogen (secondary N) is 1. The SMILES string of the molecule is CC(C)CN/N=C1/CSCC1C. The number of nitrogens with zero attached hydrogens (tertiary/aromatic N) is 1. The van der Waals surface area contributed by atoms with Gasteiger partial charge in [0, 0.05) is 24.0 Å². The zero-order valence-electron chi connectivity index (χ0n) is 8.13. The lowest BCUT2D eigenvalue weighted by Gasteiger charge is -2.06. The van der Waals surface area contributed by atoms with E-state index in [4.69, 9.17) is 0 Å². The van der Waals surface area contributed by atoms with Gasteiger partial charge in [0.25, 0.3) is 0 Å². The highest BCUT2D eigenvalue weighted by Gasteiger charge is 2.17. The van der Waals surface area contributed by atoms with Gasteiger partial charge in [0.2, 0.25) is 0 Å². The first-order valence-electron chi connectivity index (χ1n) is 4.57. The highest BCUT2D eigenvalue weighted by atomic mass is 32.2. The lowest BCUT2D eigenvalue weighted by atomic mass is 10.1. The Morgan fingerprint density at radius 2 is 2.42 bits per heavy atom. The van der Waals surface area contributed by atoms with E-state index in [9.17, 15) is 0 Å². The monoisotopic (exact) mass is 186 g/mol. The van der Waals surface area contributed by atoms with E-state index in [1.807, 2.05) is 11.8 Å². The van der Waals surface area contributed by atoms with Gasteiger partial charge in [-0.25, -0.2) is 0 Å². The van der Waals surface area contributed by atoms with Crippen molar-refractivity contribution >= 4 is 17.5 Å². The summed E-state index contributed by atoms with van der Waals surface area (Å²) in [7, 11) is 0. The molecule has 3 heteroatoms. The first-order chi connectivity index (χ1) is 5.70. The molecule has 0 spiro atoms. The number of hydrazone groups is 1. The van der Waals surface area contributed by atoms with Crippen molar-refractivity contribution in [3.05, 3.63) is 0 Å². The van der Waals surface area contributed by atoms with Gasteiger partial charge in [-0.1, -0.05) is 20.8 Å². The number of rotatable bonds is 3. The van der Waals surface area contributed by atoms with Crippen LogP contribution >= 0.6 is 11.8 Å². The molecule has 1 heterocycles. The summed E-state index contributed by atoms with van der Waals surface area (Å²) in [5.74, 6) is 3.71. The molecule has 1 aliphatic heterocycles. The van der Waals surface area contributed by atoms with Crippen molar-refractivity contribution < 1.29 is 0 Å². The zero-order chi connectivity index (χ0) is 8.97. The van der Waals surface area contributed by atoms with E-state index >= 15 is 0 Å². The van der Waals surface area contributed by atoms with Crippen LogP contribution in [0.4, 0.5) is 0 Å². The Balaban J connectivity index is 2.26. The van der Waals surface area contributed by atoms with E-state index in [1.165, 1.54) is 11.5 Å². The number of thioether (sulfide) groups is 1. The molecule has 1 rings (SSSR count). The molecule has 1 atom stereocenters. The summed E-state index contributed by atoms with van der Waals surface area (Å²) in [5.41, 5.74) is 4.47. The Hall–Kier alpha value is -0.180. The maximum absolute atomic E-state index is 4.39. The Morgan fingerprint density at radius 3 is 2.92 bits per heavy atom. The van der Waals surface area contributed by atoms with Gasteiger partial charge in [0.05, 0.1) is 5.71 Å². The molecule has 1 saturated heterocycles. The summed E-state index contributed by atoms with van der Waals surface area (Å²) in [6, 6.07) is 0. The molecular formula is C9H18N2S. The maximum atomic E-state index is 4.39. The van der Waals surface area contributed by atoms with Crippen molar-refractivity contribution in [1.82, 2.24) is 5.43 Å². The molecule has 1 N–H and O–H groups in total. The second-order valence-electron chi connectivity index (χ2n) is 3.78. The normalized spacial score (nSPS) is 27.0. The molecule has 0 amide bonds. The van der Waals surface area contributed by atoms with Crippen LogP contribution in [-0.2, 0) is 0 Å². The second kappa shape index (κ2) is 4.75. The summed E-state index contributed by atoms with van der Waals surface area (Å²) >= 11 is 1.98. The molecule has 70 valence electrons. The van der Waals surface area contributed by atoms with E-state index in [0.717, 1.165) is 12.3 Å². The van der Waals surface area contributed by atoms with E-state index in [0.29, 0.717) is 11.8 Å². The van der Waals surface area contributed by atoms with Crippen molar-refractivity contribution in [2.45, 2.75) is 20.8 Å². The molecule has 12 heavy (non-hydrogen) atoms. The van der Waals surface area contributed by atoms with Gasteiger partial charge in [0.15, 0.2) is 0 Å². The molecule has 0 saturated carbocycles. The third-order valence-electron chi connectivity index (χ3n) is 1.91. The number of hydrogen-bond donors (Lipinski definition) is 1. The molecule has 0 radical (unpaired) electrons. The fourth-order valence-electron chi connectivity index (χ4n) is 1.05. The molecule has 0 aromatic heterocycles. The molecule has 0 aliphatic carbocycles. The van der Waals surface area contributed by atoms with Crippen molar-refractivity contribution in [1.29, 1.82) is 0 Å². The van der Waals surface area contributed by atoms with E-state index in [1.54, 1.807) is 0 Å². The largest absolute Gasteiger partial charge is 0.310 e. The molecule has 1 aliphatic rings. The molecule has 0 aromatic rings. The fourth-order valence-corrected chi connectivity index (χ4v) is 2.27. The van der Waals surface area contributed by atoms with Crippen LogP contribution in [0.3, 0.4) is 0 Å². The van der Waals surface area contributed by atoms with Gasteiger partial charge in [-0.2, -0.15) is 16.9 Å². The molecule has 2 nitrogen and oxygen atoms in total. The van der Waals surface area contributed by atoms with Crippen LogP contribution in [0.2, 0.25) is 0 Å². The molecule has 0 aromatic carbocycles. The summed E-state index contributed by atoms with van der Waals surface area (Å²) in [6.07, 6.45) is 0. The van der Waals surface area contributed by atoms with Crippen LogP contribution in [0.1, 0.15) is 20.8 Å². The molecule has 0 bridgehead atoms. The first kappa shape index (κ1) is 9.90. The van der Waals surface area contributed by atoms with Crippen LogP contribution in [0, 0.1) is 11.8 Å². The third-order valence-corrected chi connectivity index (χ3v) is 3.14. The smallest absolute Gasteiger partial charge is 0.0513 e. The summed E-state index contributed by atoms with van der Waals surface area (Å²) in [5, 5.41) is 4.39. The highest BCUT2D eigenvalue weighted by Crippen LogP contribution is 2.20. The Morgan fingerprint density at radius 1 is 1.67 bits per heavy atom. The van der Waals surface area contributed by atoms with E-state index in [-0.39, 0.29) is 0 Å². The topological polar surface area (TPSA) is 24.4 Å². The Labute approximate surface area is 79.2 Å². The third kappa shape index (κ3) is 3.05. The van der Waals surface area contributed by atoms with Crippen LogP contribution in [0.5, 0.6) is 0 Å². The van der Waals surface area contributed by atoms with Crippen molar-refractivity contribution in [2.24, 2.45) is 16.9 Å². The Kier molecular flexibility index (Phi) is 3.92. The average molecular weight is 186 g/mol. The summed E-state index contributed by atoms with van der Waals surface area (Å²) in [4.78, 5) is 0. The first-order valence-corrected chi connectivity index (χ1v) is 5.72. The Bertz CT molecular complexity index is 166. The minimum Gasteiger partial charge on any atom is -0.310 e. The number of hydrogen-bond acceptors (Lipinski definition) is 3. The van der Waals surface area contributed by atoms with Gasteiger partial charge < -0.3 is 5.43 Å². The van der Waals surface area contributed by atoms with E-state index < -0.39 is 0 Å². The summed E-state index contributed by atoms with van der Waals surface area (Å²) in [6.45, 7) is 7.62. The van der Waals surface area contributed by atoms with Gasteiger partial charge in [-0.05, 0) is 5.92 Å². The van der Waals surface area contributed by atoms with Gasteiger partial charge in [0.1, 0.15) is 0 Å². The standard InChI is InChI=1S/C9H18N2S/c1-7(2)4-10-11-9-6-12-5-8(9)3/h7-8,10H,4-6H2,1-3H3/b11-9-. The quantitative estimate of drug-likeness (QED) is 0.681. The lowest BCUT2D eigenvalue weighted by Crippen LogP contribution is -2.18.